The summed E-state index contributed by atoms with van der Waals surface area (Å²) in [6.07, 6.45) is 4.52. The topological polar surface area (TPSA) is 66.0 Å². The second-order valence-corrected chi connectivity index (χ2v) is 4.20. The first-order chi connectivity index (χ1) is 8.27. The van der Waals surface area contributed by atoms with E-state index in [9.17, 15) is 4.79 Å². The van der Waals surface area contributed by atoms with Crippen LogP contribution in [0.2, 0.25) is 0 Å². The smallest absolute Gasteiger partial charge is 0.237 e. The van der Waals surface area contributed by atoms with Crippen molar-refractivity contribution in [2.75, 3.05) is 25.0 Å². The number of carbonyl (C=O) groups is 1. The highest BCUT2D eigenvalue weighted by atomic mass is 16.2. The molecule has 2 rings (SSSR count). The van der Waals surface area contributed by atoms with E-state index >= 15 is 0 Å². The van der Waals surface area contributed by atoms with Crippen LogP contribution in [0.15, 0.2) is 18.5 Å². The molecule has 1 aliphatic heterocycles. The third-order valence-corrected chi connectivity index (χ3v) is 2.90. The van der Waals surface area contributed by atoms with E-state index in [2.05, 4.69) is 20.9 Å². The monoisotopic (exact) mass is 234 g/mol. The van der Waals surface area contributed by atoms with Gasteiger partial charge in [-0.05, 0) is 31.5 Å². The molecule has 3 N–H and O–H groups in total. The van der Waals surface area contributed by atoms with Crippen molar-refractivity contribution in [2.45, 2.75) is 19.4 Å². The van der Waals surface area contributed by atoms with E-state index in [1.807, 2.05) is 19.2 Å². The molecule has 5 nitrogen and oxygen atoms in total. The summed E-state index contributed by atoms with van der Waals surface area (Å²) in [4.78, 5) is 15.5. The average molecular weight is 234 g/mol. The Morgan fingerprint density at radius 2 is 2.41 bits per heavy atom. The van der Waals surface area contributed by atoms with E-state index < -0.39 is 0 Å². The molecule has 1 saturated heterocycles. The average Bonchev–Trinajstić information content (AvgIpc) is 2.24. The Hall–Kier alpha value is -1.62. The Bertz CT molecular complexity index is 390. The number of anilines is 1. The minimum absolute atomic E-state index is 0.0256. The molecule has 1 fully saturated rings. The van der Waals surface area contributed by atoms with Gasteiger partial charge in [0.05, 0.1) is 6.04 Å². The van der Waals surface area contributed by atoms with Crippen LogP contribution in [0.5, 0.6) is 0 Å². The van der Waals surface area contributed by atoms with E-state index in [1.165, 1.54) is 0 Å². The number of amides is 1. The van der Waals surface area contributed by atoms with Crippen LogP contribution in [-0.4, -0.2) is 36.6 Å². The Balaban J connectivity index is 1.66. The lowest BCUT2D eigenvalue weighted by atomic mass is 10.1. The number of nitrogens with one attached hydrogen (secondary N) is 3. The van der Waals surface area contributed by atoms with Gasteiger partial charge in [-0.2, -0.15) is 0 Å². The molecular weight excluding hydrogens is 216 g/mol. The number of aromatic nitrogens is 1. The van der Waals surface area contributed by atoms with Crippen LogP contribution in [0.3, 0.4) is 0 Å². The first-order valence-electron chi connectivity index (χ1n) is 5.93. The lowest BCUT2D eigenvalue weighted by molar-refractivity contribution is -0.124. The van der Waals surface area contributed by atoms with Gasteiger partial charge in [0.2, 0.25) is 5.91 Å². The minimum Gasteiger partial charge on any atom is -0.383 e. The molecule has 0 radical (unpaired) electrons. The maximum Gasteiger partial charge on any atom is 0.237 e. The molecule has 1 aliphatic rings. The molecular formula is C12H18N4O. The largest absolute Gasteiger partial charge is 0.383 e. The molecule has 0 unspecified atom stereocenters. The van der Waals surface area contributed by atoms with Crippen LogP contribution < -0.4 is 16.0 Å². The van der Waals surface area contributed by atoms with E-state index in [-0.39, 0.29) is 11.9 Å². The molecule has 1 aromatic rings. The Labute approximate surface area is 101 Å². The van der Waals surface area contributed by atoms with E-state index in [0.717, 1.165) is 30.8 Å². The lowest BCUT2D eigenvalue weighted by Gasteiger charge is -2.26. The summed E-state index contributed by atoms with van der Waals surface area (Å²) in [5.41, 5.74) is 2.18. The fourth-order valence-corrected chi connectivity index (χ4v) is 1.69. The predicted molar refractivity (Wildman–Crippen MR) is 66.9 cm³/mol. The standard InChI is InChI=1S/C12H18N4O/c1-9-8-13-4-2-10(9)15-6-7-16-12(17)11-3-5-14-11/h2,4,8,11,14H,3,5-7H2,1H3,(H,13,15)(H,16,17)/t11-/m1/s1. The lowest BCUT2D eigenvalue weighted by Crippen LogP contribution is -2.53. The SMILES string of the molecule is Cc1cnccc1NCCNC(=O)[C@H]1CCN1. The zero-order chi connectivity index (χ0) is 12.1. The highest BCUT2D eigenvalue weighted by Crippen LogP contribution is 2.10. The van der Waals surface area contributed by atoms with Gasteiger partial charge in [-0.25, -0.2) is 0 Å². The van der Waals surface area contributed by atoms with Crippen LogP contribution in [0.1, 0.15) is 12.0 Å². The van der Waals surface area contributed by atoms with Crippen LogP contribution >= 0.6 is 0 Å². The van der Waals surface area contributed by atoms with Crippen molar-refractivity contribution in [2.24, 2.45) is 0 Å². The fraction of sp³-hybridized carbons (Fsp3) is 0.500. The summed E-state index contributed by atoms with van der Waals surface area (Å²) >= 11 is 0. The molecule has 2 heterocycles. The fourth-order valence-electron chi connectivity index (χ4n) is 1.69. The van der Waals surface area contributed by atoms with Gasteiger partial charge in [0.25, 0.3) is 0 Å². The number of hydrogen-bond donors (Lipinski definition) is 3. The van der Waals surface area contributed by atoms with Gasteiger partial charge in [0, 0.05) is 31.2 Å². The normalized spacial score (nSPS) is 18.3. The van der Waals surface area contributed by atoms with Crippen molar-refractivity contribution in [3.05, 3.63) is 24.0 Å². The summed E-state index contributed by atoms with van der Waals surface area (Å²) in [5, 5.41) is 9.24. The van der Waals surface area contributed by atoms with Crippen molar-refractivity contribution in [1.82, 2.24) is 15.6 Å². The second kappa shape index (κ2) is 5.63. The molecule has 0 saturated carbocycles. The number of carbonyl (C=O) groups excluding carboxylic acids is 1. The van der Waals surface area contributed by atoms with Crippen LogP contribution in [0.4, 0.5) is 5.69 Å². The second-order valence-electron chi connectivity index (χ2n) is 4.20. The predicted octanol–water partition coefficient (Wildman–Crippen LogP) is 0.280. The minimum atomic E-state index is 0.0256. The summed E-state index contributed by atoms with van der Waals surface area (Å²) < 4.78 is 0. The van der Waals surface area contributed by atoms with Crippen molar-refractivity contribution in [3.8, 4) is 0 Å². The molecule has 0 bridgehead atoms. The molecule has 5 heteroatoms. The molecule has 0 aliphatic carbocycles. The summed E-state index contributed by atoms with van der Waals surface area (Å²) in [5.74, 6) is 0.101. The number of rotatable bonds is 5. The molecule has 92 valence electrons. The number of pyridine rings is 1. The van der Waals surface area contributed by atoms with E-state index in [0.29, 0.717) is 6.54 Å². The quantitative estimate of drug-likeness (QED) is 0.640. The van der Waals surface area contributed by atoms with Crippen molar-refractivity contribution < 1.29 is 4.79 Å². The number of hydrogen-bond acceptors (Lipinski definition) is 4. The van der Waals surface area contributed by atoms with Gasteiger partial charge in [0.15, 0.2) is 0 Å². The zero-order valence-electron chi connectivity index (χ0n) is 9.99. The highest BCUT2D eigenvalue weighted by Gasteiger charge is 2.23. The van der Waals surface area contributed by atoms with Gasteiger partial charge < -0.3 is 16.0 Å². The van der Waals surface area contributed by atoms with Gasteiger partial charge >= 0.3 is 0 Å². The van der Waals surface area contributed by atoms with Gasteiger partial charge in [-0.15, -0.1) is 0 Å². The van der Waals surface area contributed by atoms with E-state index in [4.69, 9.17) is 0 Å². The third-order valence-electron chi connectivity index (χ3n) is 2.90. The summed E-state index contributed by atoms with van der Waals surface area (Å²) in [6.45, 7) is 4.32. The number of nitrogens with zero attached hydrogens (tertiary/aromatic N) is 1. The van der Waals surface area contributed by atoms with Crippen LogP contribution in [0.25, 0.3) is 0 Å². The summed E-state index contributed by atoms with van der Waals surface area (Å²) in [6, 6.07) is 1.96. The van der Waals surface area contributed by atoms with Gasteiger partial charge in [0.1, 0.15) is 0 Å². The Morgan fingerprint density at radius 3 is 3.06 bits per heavy atom. The van der Waals surface area contributed by atoms with Gasteiger partial charge in [-0.1, -0.05) is 0 Å². The zero-order valence-corrected chi connectivity index (χ0v) is 9.99. The maximum absolute atomic E-state index is 11.5. The van der Waals surface area contributed by atoms with E-state index in [1.54, 1.807) is 6.20 Å². The van der Waals surface area contributed by atoms with Crippen molar-refractivity contribution >= 4 is 11.6 Å². The Kier molecular flexibility index (Phi) is 3.93. The van der Waals surface area contributed by atoms with Gasteiger partial charge in [-0.3, -0.25) is 9.78 Å². The molecule has 1 amide bonds. The highest BCUT2D eigenvalue weighted by molar-refractivity contribution is 5.82. The van der Waals surface area contributed by atoms with Crippen LogP contribution in [0, 0.1) is 6.92 Å². The summed E-state index contributed by atoms with van der Waals surface area (Å²) in [7, 11) is 0. The van der Waals surface area contributed by atoms with Crippen LogP contribution in [-0.2, 0) is 4.79 Å². The molecule has 0 spiro atoms. The first-order valence-corrected chi connectivity index (χ1v) is 5.93. The van der Waals surface area contributed by atoms with Crippen molar-refractivity contribution in [1.29, 1.82) is 0 Å². The molecule has 1 aromatic heterocycles. The van der Waals surface area contributed by atoms with Crippen molar-refractivity contribution in [3.63, 3.8) is 0 Å². The number of aryl methyl sites for hydroxylation is 1. The molecule has 0 aromatic carbocycles. The maximum atomic E-state index is 11.5. The third kappa shape index (κ3) is 3.17. The molecule has 17 heavy (non-hydrogen) atoms. The molecule has 1 atom stereocenters. The Morgan fingerprint density at radius 1 is 1.59 bits per heavy atom. The first kappa shape index (κ1) is 11.9.